The van der Waals surface area contributed by atoms with Crippen molar-refractivity contribution in [2.75, 3.05) is 0 Å². The third-order valence-electron chi connectivity index (χ3n) is 3.74. The zero-order valence-electron chi connectivity index (χ0n) is 14.7. The van der Waals surface area contributed by atoms with Crippen LogP contribution in [0.3, 0.4) is 0 Å². The van der Waals surface area contributed by atoms with Crippen LogP contribution < -0.4 is 10.2 Å². The van der Waals surface area contributed by atoms with Gasteiger partial charge in [0, 0.05) is 20.1 Å². The SMILES string of the molecule is O=C(N/N=C\c1cc(Br)ccc1OC(=O)c1ccccc1Cl)c1ccc(Br)cc1. The molecule has 0 aliphatic carbocycles. The highest BCUT2D eigenvalue weighted by Crippen LogP contribution is 2.24. The Bertz CT molecular complexity index is 1090. The third kappa shape index (κ3) is 5.76. The van der Waals surface area contributed by atoms with E-state index in [0.29, 0.717) is 16.1 Å². The van der Waals surface area contributed by atoms with Crippen molar-refractivity contribution >= 4 is 61.6 Å². The van der Waals surface area contributed by atoms with Gasteiger partial charge in [0.2, 0.25) is 0 Å². The highest BCUT2D eigenvalue weighted by molar-refractivity contribution is 9.10. The Labute approximate surface area is 189 Å². The average molecular weight is 537 g/mol. The monoisotopic (exact) mass is 534 g/mol. The quantitative estimate of drug-likeness (QED) is 0.193. The Balaban J connectivity index is 1.75. The van der Waals surface area contributed by atoms with Crippen LogP contribution in [0.15, 0.2) is 80.8 Å². The van der Waals surface area contributed by atoms with Crippen molar-refractivity contribution in [3.8, 4) is 5.75 Å². The minimum absolute atomic E-state index is 0.253. The molecular formula is C21H13Br2ClN2O3. The van der Waals surface area contributed by atoms with E-state index in [9.17, 15) is 9.59 Å². The van der Waals surface area contributed by atoms with E-state index in [1.807, 2.05) is 0 Å². The van der Waals surface area contributed by atoms with Crippen LogP contribution in [-0.4, -0.2) is 18.1 Å². The molecule has 146 valence electrons. The third-order valence-corrected chi connectivity index (χ3v) is 5.10. The van der Waals surface area contributed by atoms with E-state index in [0.717, 1.165) is 8.95 Å². The fourth-order valence-corrected chi connectivity index (χ4v) is 3.18. The van der Waals surface area contributed by atoms with Crippen LogP contribution in [0.25, 0.3) is 0 Å². The van der Waals surface area contributed by atoms with Crippen molar-refractivity contribution in [2.45, 2.75) is 0 Å². The molecule has 0 atom stereocenters. The van der Waals surface area contributed by atoms with Crippen molar-refractivity contribution in [1.29, 1.82) is 0 Å². The summed E-state index contributed by atoms with van der Waals surface area (Å²) in [6.07, 6.45) is 1.40. The van der Waals surface area contributed by atoms with Gasteiger partial charge in [-0.2, -0.15) is 5.10 Å². The van der Waals surface area contributed by atoms with Gasteiger partial charge >= 0.3 is 5.97 Å². The number of esters is 1. The molecule has 0 aliphatic rings. The van der Waals surface area contributed by atoms with E-state index in [1.54, 1.807) is 66.7 Å². The lowest BCUT2D eigenvalue weighted by atomic mass is 10.2. The molecule has 3 aromatic carbocycles. The Morgan fingerprint density at radius 2 is 1.66 bits per heavy atom. The van der Waals surface area contributed by atoms with Crippen molar-refractivity contribution in [1.82, 2.24) is 5.43 Å². The largest absolute Gasteiger partial charge is 0.422 e. The van der Waals surface area contributed by atoms with Crippen LogP contribution >= 0.6 is 43.5 Å². The van der Waals surface area contributed by atoms with E-state index in [1.165, 1.54) is 6.21 Å². The molecule has 0 bridgehead atoms. The molecule has 0 heterocycles. The zero-order chi connectivity index (χ0) is 20.8. The number of carbonyl (C=O) groups excluding carboxylic acids is 2. The van der Waals surface area contributed by atoms with Gasteiger partial charge in [0.25, 0.3) is 5.91 Å². The topological polar surface area (TPSA) is 67.8 Å². The van der Waals surface area contributed by atoms with Crippen LogP contribution in [0.5, 0.6) is 5.75 Å². The number of hydrogen-bond acceptors (Lipinski definition) is 4. The first-order chi connectivity index (χ1) is 13.9. The van der Waals surface area contributed by atoms with Crippen molar-refractivity contribution < 1.29 is 14.3 Å². The number of benzene rings is 3. The Morgan fingerprint density at radius 1 is 0.966 bits per heavy atom. The molecule has 0 unspecified atom stereocenters. The maximum atomic E-state index is 12.4. The molecule has 0 spiro atoms. The lowest BCUT2D eigenvalue weighted by molar-refractivity contribution is 0.0734. The average Bonchev–Trinajstić information content (AvgIpc) is 2.70. The summed E-state index contributed by atoms with van der Waals surface area (Å²) >= 11 is 12.7. The van der Waals surface area contributed by atoms with Crippen molar-refractivity contribution in [3.63, 3.8) is 0 Å². The smallest absolute Gasteiger partial charge is 0.345 e. The fourth-order valence-electron chi connectivity index (χ4n) is 2.32. The van der Waals surface area contributed by atoms with E-state index in [-0.39, 0.29) is 17.2 Å². The Morgan fingerprint density at radius 3 is 2.38 bits per heavy atom. The molecule has 8 heteroatoms. The van der Waals surface area contributed by atoms with Gasteiger partial charge in [0.15, 0.2) is 0 Å². The van der Waals surface area contributed by atoms with Crippen LogP contribution in [0.2, 0.25) is 5.02 Å². The van der Waals surface area contributed by atoms with Gasteiger partial charge in [-0.1, -0.05) is 55.6 Å². The maximum absolute atomic E-state index is 12.4. The predicted molar refractivity (Wildman–Crippen MR) is 120 cm³/mol. The second-order valence-electron chi connectivity index (χ2n) is 5.76. The van der Waals surface area contributed by atoms with Crippen molar-refractivity contribution in [2.24, 2.45) is 5.10 Å². The number of rotatable bonds is 5. The molecule has 3 rings (SSSR count). The highest BCUT2D eigenvalue weighted by atomic mass is 79.9. The summed E-state index contributed by atoms with van der Waals surface area (Å²) in [6.45, 7) is 0. The summed E-state index contributed by atoms with van der Waals surface area (Å²) < 4.78 is 7.10. The number of ether oxygens (including phenoxy) is 1. The highest BCUT2D eigenvalue weighted by Gasteiger charge is 2.14. The molecule has 0 aromatic heterocycles. The number of halogens is 3. The van der Waals surface area contributed by atoms with Gasteiger partial charge < -0.3 is 4.74 Å². The number of nitrogens with zero attached hydrogens (tertiary/aromatic N) is 1. The second-order valence-corrected chi connectivity index (χ2v) is 8.00. The van der Waals surface area contributed by atoms with Crippen LogP contribution in [-0.2, 0) is 0 Å². The van der Waals surface area contributed by atoms with Gasteiger partial charge in [-0.25, -0.2) is 10.2 Å². The first-order valence-electron chi connectivity index (χ1n) is 8.29. The first-order valence-corrected chi connectivity index (χ1v) is 10.3. The van der Waals surface area contributed by atoms with Gasteiger partial charge in [0.05, 0.1) is 16.8 Å². The molecule has 1 N–H and O–H groups in total. The summed E-state index contributed by atoms with van der Waals surface area (Å²) in [4.78, 5) is 24.6. The molecular weight excluding hydrogens is 524 g/mol. The lowest BCUT2D eigenvalue weighted by Crippen LogP contribution is -2.17. The molecule has 3 aromatic rings. The maximum Gasteiger partial charge on any atom is 0.345 e. The molecule has 0 aliphatic heterocycles. The Hall–Kier alpha value is -2.48. The molecule has 0 fully saturated rings. The van der Waals surface area contributed by atoms with Crippen LogP contribution in [0.4, 0.5) is 0 Å². The molecule has 5 nitrogen and oxygen atoms in total. The molecule has 0 saturated carbocycles. The molecule has 29 heavy (non-hydrogen) atoms. The summed E-state index contributed by atoms with van der Waals surface area (Å²) in [5.41, 5.74) is 3.66. The van der Waals surface area contributed by atoms with E-state index < -0.39 is 5.97 Å². The zero-order valence-corrected chi connectivity index (χ0v) is 18.7. The van der Waals surface area contributed by atoms with Crippen LogP contribution in [0.1, 0.15) is 26.3 Å². The predicted octanol–water partition coefficient (Wildman–Crippen LogP) is 5.85. The minimum Gasteiger partial charge on any atom is -0.422 e. The first kappa shape index (κ1) is 21.2. The van der Waals surface area contributed by atoms with Gasteiger partial charge in [-0.05, 0) is 54.6 Å². The summed E-state index contributed by atoms with van der Waals surface area (Å²) in [5.74, 6) is -0.676. The number of amides is 1. The molecule has 1 amide bonds. The van der Waals surface area contributed by atoms with E-state index in [4.69, 9.17) is 16.3 Å². The Kier molecular flexibility index (Phi) is 7.19. The standard InChI is InChI=1S/C21H13Br2ClN2O3/c22-15-7-5-13(6-8-15)20(27)26-25-12-14-11-16(23)9-10-19(14)29-21(28)17-3-1-2-4-18(17)24/h1-12H,(H,26,27)/b25-12-. The lowest BCUT2D eigenvalue weighted by Gasteiger charge is -2.09. The fraction of sp³-hybridized carbons (Fsp3) is 0. The summed E-state index contributed by atoms with van der Waals surface area (Å²) in [7, 11) is 0. The minimum atomic E-state index is -0.591. The molecule has 0 radical (unpaired) electrons. The van der Waals surface area contributed by atoms with E-state index >= 15 is 0 Å². The van der Waals surface area contributed by atoms with E-state index in [2.05, 4.69) is 42.4 Å². The van der Waals surface area contributed by atoms with Crippen LogP contribution in [0, 0.1) is 0 Å². The number of nitrogens with one attached hydrogen (secondary N) is 1. The summed E-state index contributed by atoms with van der Waals surface area (Å²) in [6, 6.07) is 18.5. The van der Waals surface area contributed by atoms with Gasteiger partial charge in [-0.3, -0.25) is 4.79 Å². The van der Waals surface area contributed by atoms with Gasteiger partial charge in [-0.15, -0.1) is 0 Å². The second kappa shape index (κ2) is 9.82. The number of hydrogen-bond donors (Lipinski definition) is 1. The van der Waals surface area contributed by atoms with Crippen molar-refractivity contribution in [3.05, 3.63) is 97.4 Å². The summed E-state index contributed by atoms with van der Waals surface area (Å²) in [5, 5.41) is 4.26. The van der Waals surface area contributed by atoms with Gasteiger partial charge in [0.1, 0.15) is 5.75 Å². The number of hydrazone groups is 1. The normalized spacial score (nSPS) is 10.7. The number of carbonyl (C=O) groups is 2. The molecule has 0 saturated heterocycles.